The van der Waals surface area contributed by atoms with Crippen LogP contribution in [-0.4, -0.2) is 4.98 Å². The Labute approximate surface area is 124 Å². The van der Waals surface area contributed by atoms with Gasteiger partial charge in [0, 0.05) is 10.9 Å². The molecule has 1 heterocycles. The summed E-state index contributed by atoms with van der Waals surface area (Å²) in [6.45, 7) is 3.30. The van der Waals surface area contributed by atoms with Gasteiger partial charge in [-0.1, -0.05) is 18.2 Å². The molecule has 2 aromatic rings. The summed E-state index contributed by atoms with van der Waals surface area (Å²) in [5, 5.41) is 10.9. The van der Waals surface area contributed by atoms with Crippen LogP contribution in [0.3, 0.4) is 0 Å². The van der Waals surface area contributed by atoms with Crippen LogP contribution in [0.1, 0.15) is 23.1 Å². The zero-order valence-electron chi connectivity index (χ0n) is 11.3. The van der Waals surface area contributed by atoms with Gasteiger partial charge in [0.2, 0.25) is 0 Å². The molecule has 6 heteroatoms. The van der Waals surface area contributed by atoms with Crippen LogP contribution in [0.5, 0.6) is 0 Å². The van der Waals surface area contributed by atoms with Gasteiger partial charge in [0.25, 0.3) is 0 Å². The van der Waals surface area contributed by atoms with Crippen LogP contribution in [0.15, 0.2) is 29.7 Å². The second-order valence-corrected chi connectivity index (χ2v) is 5.21. The van der Waals surface area contributed by atoms with Crippen molar-refractivity contribution in [2.45, 2.75) is 20.0 Å². The minimum Gasteiger partial charge on any atom is -0.235 e. The third kappa shape index (κ3) is 2.98. The van der Waals surface area contributed by atoms with Gasteiger partial charge in [0.05, 0.1) is 16.8 Å². The second kappa shape index (κ2) is 5.70. The summed E-state index contributed by atoms with van der Waals surface area (Å²) in [6.07, 6.45) is -2.85. The minimum absolute atomic E-state index is 0.0703. The molecule has 0 unspecified atom stereocenters. The molecule has 0 aliphatic rings. The molecule has 1 aromatic carbocycles. The predicted molar refractivity (Wildman–Crippen MR) is 76.6 cm³/mol. The van der Waals surface area contributed by atoms with Gasteiger partial charge in [-0.25, -0.2) is 4.98 Å². The Bertz CT molecular complexity index is 736. The molecule has 1 aromatic heterocycles. The van der Waals surface area contributed by atoms with Gasteiger partial charge in [0.15, 0.2) is 0 Å². The van der Waals surface area contributed by atoms with Crippen LogP contribution in [0.25, 0.3) is 16.8 Å². The lowest BCUT2D eigenvalue weighted by Crippen LogP contribution is -2.08. The Kier molecular flexibility index (Phi) is 4.14. The second-order valence-electron chi connectivity index (χ2n) is 4.35. The molecule has 0 spiro atoms. The lowest BCUT2D eigenvalue weighted by atomic mass is 9.99. The lowest BCUT2D eigenvalue weighted by Gasteiger charge is -2.13. The van der Waals surface area contributed by atoms with Crippen molar-refractivity contribution < 1.29 is 13.2 Å². The van der Waals surface area contributed by atoms with Crippen molar-refractivity contribution in [1.82, 2.24) is 4.98 Å². The average Bonchev–Trinajstić information content (AvgIpc) is 2.88. The van der Waals surface area contributed by atoms with Crippen molar-refractivity contribution in [3.63, 3.8) is 0 Å². The van der Waals surface area contributed by atoms with Crippen molar-refractivity contribution in [3.8, 4) is 17.3 Å². The first-order chi connectivity index (χ1) is 9.88. The van der Waals surface area contributed by atoms with E-state index in [0.29, 0.717) is 16.1 Å². The largest absolute Gasteiger partial charge is 0.417 e. The van der Waals surface area contributed by atoms with Crippen molar-refractivity contribution in [2.24, 2.45) is 0 Å². The van der Waals surface area contributed by atoms with E-state index in [1.807, 2.05) is 6.07 Å². The molecule has 21 heavy (non-hydrogen) atoms. The van der Waals surface area contributed by atoms with Crippen molar-refractivity contribution in [2.75, 3.05) is 0 Å². The van der Waals surface area contributed by atoms with E-state index in [-0.39, 0.29) is 11.3 Å². The SMILES string of the molecule is C/C=C(\C#N)c1nc(-c2c(C)cccc2C(F)(F)F)cs1. The molecular weight excluding hydrogens is 297 g/mol. The Balaban J connectivity index is 2.61. The highest BCUT2D eigenvalue weighted by Crippen LogP contribution is 2.39. The van der Waals surface area contributed by atoms with Crippen LogP contribution in [0, 0.1) is 18.3 Å². The van der Waals surface area contributed by atoms with E-state index in [1.54, 1.807) is 31.4 Å². The quantitative estimate of drug-likeness (QED) is 0.727. The number of allylic oxidation sites excluding steroid dienone is 2. The molecule has 0 radical (unpaired) electrons. The summed E-state index contributed by atoms with van der Waals surface area (Å²) in [5.74, 6) is 0. The number of halogens is 3. The van der Waals surface area contributed by atoms with Crippen LogP contribution in [0.4, 0.5) is 13.2 Å². The van der Waals surface area contributed by atoms with Crippen molar-refractivity contribution in [1.29, 1.82) is 5.26 Å². The lowest BCUT2D eigenvalue weighted by molar-refractivity contribution is -0.137. The summed E-state index contributed by atoms with van der Waals surface area (Å²) in [7, 11) is 0. The fraction of sp³-hybridized carbons (Fsp3) is 0.200. The van der Waals surface area contributed by atoms with Gasteiger partial charge in [-0.15, -0.1) is 11.3 Å². The first-order valence-corrected chi connectivity index (χ1v) is 6.96. The Morgan fingerprint density at radius 2 is 2.10 bits per heavy atom. The summed E-state index contributed by atoms with van der Waals surface area (Å²) in [5.41, 5.74) is 0.461. The molecule has 0 fully saturated rings. The number of rotatable bonds is 2. The zero-order chi connectivity index (χ0) is 15.6. The Morgan fingerprint density at radius 3 is 2.67 bits per heavy atom. The number of nitriles is 1. The summed E-state index contributed by atoms with van der Waals surface area (Å²) >= 11 is 1.16. The van der Waals surface area contributed by atoms with Crippen molar-refractivity contribution in [3.05, 3.63) is 45.8 Å². The van der Waals surface area contributed by atoms with Crippen LogP contribution >= 0.6 is 11.3 Å². The molecular formula is C15H11F3N2S. The normalized spacial score (nSPS) is 12.3. The fourth-order valence-corrected chi connectivity index (χ4v) is 2.83. The number of alkyl halides is 3. The number of thiazole rings is 1. The van der Waals surface area contributed by atoms with E-state index in [4.69, 9.17) is 5.26 Å². The number of hydrogen-bond donors (Lipinski definition) is 0. The van der Waals surface area contributed by atoms with E-state index in [0.717, 1.165) is 17.4 Å². The molecule has 0 bridgehead atoms. The molecule has 0 saturated heterocycles. The third-order valence-corrected chi connectivity index (χ3v) is 3.85. The molecule has 2 nitrogen and oxygen atoms in total. The highest BCUT2D eigenvalue weighted by atomic mass is 32.1. The Hall–Kier alpha value is -2.13. The van der Waals surface area contributed by atoms with E-state index < -0.39 is 11.7 Å². The number of benzene rings is 1. The highest BCUT2D eigenvalue weighted by molar-refractivity contribution is 7.11. The summed E-state index contributed by atoms with van der Waals surface area (Å²) in [4.78, 5) is 4.19. The van der Waals surface area contributed by atoms with Crippen molar-refractivity contribution >= 4 is 16.9 Å². The zero-order valence-corrected chi connectivity index (χ0v) is 12.1. The van der Waals surface area contributed by atoms with Crippen LogP contribution in [-0.2, 0) is 6.18 Å². The maximum absolute atomic E-state index is 13.1. The molecule has 0 amide bonds. The van der Waals surface area contributed by atoms with E-state index in [1.165, 1.54) is 6.07 Å². The van der Waals surface area contributed by atoms with E-state index in [9.17, 15) is 13.2 Å². The van der Waals surface area contributed by atoms with E-state index in [2.05, 4.69) is 4.98 Å². The number of aryl methyl sites for hydroxylation is 1. The van der Waals surface area contributed by atoms with Gasteiger partial charge in [-0.05, 0) is 25.5 Å². The molecule has 0 saturated carbocycles. The number of hydrogen-bond acceptors (Lipinski definition) is 3. The van der Waals surface area contributed by atoms with Crippen LogP contribution < -0.4 is 0 Å². The monoisotopic (exact) mass is 308 g/mol. The topological polar surface area (TPSA) is 36.7 Å². The standard InChI is InChI=1S/C15H11F3N2S/c1-3-10(7-19)14-20-12(8-21-14)13-9(2)5-4-6-11(13)15(16,17)18/h3-6,8H,1-2H3/b10-3+. The highest BCUT2D eigenvalue weighted by Gasteiger charge is 2.34. The van der Waals surface area contributed by atoms with Gasteiger partial charge in [0.1, 0.15) is 11.1 Å². The maximum Gasteiger partial charge on any atom is 0.417 e. The fourth-order valence-electron chi connectivity index (χ4n) is 1.99. The maximum atomic E-state index is 13.1. The molecule has 0 N–H and O–H groups in total. The van der Waals surface area contributed by atoms with Gasteiger partial charge < -0.3 is 0 Å². The first kappa shape index (κ1) is 15.3. The molecule has 108 valence electrons. The van der Waals surface area contributed by atoms with Gasteiger partial charge in [-0.3, -0.25) is 0 Å². The Morgan fingerprint density at radius 1 is 1.38 bits per heavy atom. The van der Waals surface area contributed by atoms with E-state index >= 15 is 0 Å². The molecule has 2 rings (SSSR count). The number of nitrogens with zero attached hydrogens (tertiary/aromatic N) is 2. The predicted octanol–water partition coefficient (Wildman–Crippen LogP) is 5.06. The third-order valence-electron chi connectivity index (χ3n) is 2.98. The summed E-state index contributed by atoms with van der Waals surface area (Å²) in [6, 6.07) is 6.02. The summed E-state index contributed by atoms with van der Waals surface area (Å²) < 4.78 is 39.4. The smallest absolute Gasteiger partial charge is 0.235 e. The minimum atomic E-state index is -4.44. The average molecular weight is 308 g/mol. The molecule has 0 aliphatic heterocycles. The van der Waals surface area contributed by atoms with Gasteiger partial charge in [-0.2, -0.15) is 18.4 Å². The van der Waals surface area contributed by atoms with Gasteiger partial charge >= 0.3 is 6.18 Å². The molecule has 0 atom stereocenters. The van der Waals surface area contributed by atoms with Crippen LogP contribution in [0.2, 0.25) is 0 Å². The first-order valence-electron chi connectivity index (χ1n) is 6.08. The number of aromatic nitrogens is 1. The molecule has 0 aliphatic carbocycles.